The van der Waals surface area contributed by atoms with Gasteiger partial charge in [0.25, 0.3) is 5.91 Å². The van der Waals surface area contributed by atoms with Gasteiger partial charge in [-0.15, -0.1) is 0 Å². The summed E-state index contributed by atoms with van der Waals surface area (Å²) in [7, 11) is 1.53. The Bertz CT molecular complexity index is 686. The van der Waals surface area contributed by atoms with E-state index < -0.39 is 5.91 Å². The average molecular weight is 305 g/mol. The number of phenols is 1. The lowest BCUT2D eigenvalue weighted by molar-refractivity contribution is 0.0952. The minimum absolute atomic E-state index is 0.0994. The van der Waals surface area contributed by atoms with Crippen LogP contribution in [0.5, 0.6) is 11.5 Å². The summed E-state index contributed by atoms with van der Waals surface area (Å²) >= 11 is 5.98. The average Bonchev–Trinajstić information content (AvgIpc) is 2.48. The number of nitrogens with zero attached hydrogens (tertiary/aromatic N) is 1. The zero-order chi connectivity index (χ0) is 15.2. The molecule has 0 aliphatic heterocycles. The number of hydrogen-bond donors (Lipinski definition) is 2. The quantitative estimate of drug-likeness (QED) is 0.674. The first-order chi connectivity index (χ1) is 10.1. The fourth-order valence-electron chi connectivity index (χ4n) is 1.65. The highest BCUT2D eigenvalue weighted by molar-refractivity contribution is 6.32. The molecule has 6 heteroatoms. The number of rotatable bonds is 4. The van der Waals surface area contributed by atoms with Gasteiger partial charge in [-0.25, -0.2) is 5.43 Å². The Labute approximate surface area is 126 Å². The van der Waals surface area contributed by atoms with Gasteiger partial charge in [0.15, 0.2) is 0 Å². The number of aromatic hydroxyl groups is 1. The van der Waals surface area contributed by atoms with Crippen LogP contribution in [-0.4, -0.2) is 24.3 Å². The maximum absolute atomic E-state index is 11.8. The van der Waals surface area contributed by atoms with Gasteiger partial charge in [0.1, 0.15) is 11.5 Å². The zero-order valence-electron chi connectivity index (χ0n) is 11.2. The Kier molecular flexibility index (Phi) is 4.79. The van der Waals surface area contributed by atoms with Gasteiger partial charge < -0.3 is 9.84 Å². The molecule has 2 N–H and O–H groups in total. The van der Waals surface area contributed by atoms with Crippen molar-refractivity contribution in [3.05, 3.63) is 58.6 Å². The Morgan fingerprint density at radius 3 is 2.76 bits per heavy atom. The molecule has 0 fully saturated rings. The fraction of sp³-hybridized carbons (Fsp3) is 0.0667. The van der Waals surface area contributed by atoms with Gasteiger partial charge >= 0.3 is 0 Å². The molecule has 0 aliphatic rings. The molecule has 0 heterocycles. The number of nitrogens with one attached hydrogen (secondary N) is 1. The number of benzene rings is 2. The second-order valence-electron chi connectivity index (χ2n) is 4.11. The molecule has 0 aliphatic carbocycles. The summed E-state index contributed by atoms with van der Waals surface area (Å²) in [6.07, 6.45) is 1.45. The molecule has 2 rings (SSSR count). The first-order valence-electron chi connectivity index (χ1n) is 6.06. The molecule has 0 unspecified atom stereocenters. The molecular weight excluding hydrogens is 292 g/mol. The van der Waals surface area contributed by atoms with E-state index >= 15 is 0 Å². The van der Waals surface area contributed by atoms with Gasteiger partial charge in [0.2, 0.25) is 0 Å². The summed E-state index contributed by atoms with van der Waals surface area (Å²) in [5.41, 5.74) is 3.19. The highest BCUT2D eigenvalue weighted by Crippen LogP contribution is 2.24. The van der Waals surface area contributed by atoms with Gasteiger partial charge in [-0.2, -0.15) is 5.10 Å². The number of phenolic OH excluding ortho intramolecular Hbond substituents is 1. The topological polar surface area (TPSA) is 70.9 Å². The van der Waals surface area contributed by atoms with Crippen LogP contribution in [0.2, 0.25) is 5.02 Å². The summed E-state index contributed by atoms with van der Waals surface area (Å²) < 4.78 is 5.04. The van der Waals surface area contributed by atoms with Crippen molar-refractivity contribution >= 4 is 23.7 Å². The molecule has 0 saturated heterocycles. The number of hydrazone groups is 1. The summed E-state index contributed by atoms with van der Waals surface area (Å²) in [6, 6.07) is 11.3. The van der Waals surface area contributed by atoms with Crippen LogP contribution in [0, 0.1) is 0 Å². The van der Waals surface area contributed by atoms with E-state index in [4.69, 9.17) is 16.3 Å². The van der Waals surface area contributed by atoms with Gasteiger partial charge in [-0.1, -0.05) is 23.7 Å². The van der Waals surface area contributed by atoms with E-state index in [1.54, 1.807) is 30.3 Å². The van der Waals surface area contributed by atoms with Crippen molar-refractivity contribution in [2.24, 2.45) is 5.10 Å². The Morgan fingerprint density at radius 2 is 2.10 bits per heavy atom. The predicted octanol–water partition coefficient (Wildman–Crippen LogP) is 2.82. The minimum Gasteiger partial charge on any atom is -0.507 e. The Morgan fingerprint density at radius 1 is 1.33 bits per heavy atom. The number of halogens is 1. The minimum atomic E-state index is -0.496. The molecule has 0 spiro atoms. The van der Waals surface area contributed by atoms with Crippen LogP contribution in [0.3, 0.4) is 0 Å². The molecule has 1 amide bonds. The molecule has 0 saturated carbocycles. The first kappa shape index (κ1) is 14.9. The SMILES string of the molecule is COc1ccc(/C=N\NC(=O)c2ccccc2O)cc1Cl. The number of hydrogen-bond acceptors (Lipinski definition) is 4. The Balaban J connectivity index is 2.04. The third-order valence-electron chi connectivity index (χ3n) is 2.70. The van der Waals surface area contributed by atoms with Crippen LogP contribution in [0.15, 0.2) is 47.6 Å². The van der Waals surface area contributed by atoms with E-state index in [1.165, 1.54) is 25.5 Å². The molecule has 21 heavy (non-hydrogen) atoms. The van der Waals surface area contributed by atoms with Crippen molar-refractivity contribution in [2.75, 3.05) is 7.11 Å². The highest BCUT2D eigenvalue weighted by Gasteiger charge is 2.08. The number of para-hydroxylation sites is 1. The smallest absolute Gasteiger partial charge is 0.275 e. The van der Waals surface area contributed by atoms with Gasteiger partial charge in [-0.3, -0.25) is 4.79 Å². The van der Waals surface area contributed by atoms with Crippen LogP contribution in [-0.2, 0) is 0 Å². The predicted molar refractivity (Wildman–Crippen MR) is 81.2 cm³/mol. The van der Waals surface area contributed by atoms with E-state index in [2.05, 4.69) is 10.5 Å². The van der Waals surface area contributed by atoms with E-state index in [-0.39, 0.29) is 11.3 Å². The maximum Gasteiger partial charge on any atom is 0.275 e. The van der Waals surface area contributed by atoms with Gasteiger partial charge in [0, 0.05) is 0 Å². The van der Waals surface area contributed by atoms with Gasteiger partial charge in [0.05, 0.1) is 23.9 Å². The molecular formula is C15H13ClN2O3. The van der Waals surface area contributed by atoms with Crippen LogP contribution < -0.4 is 10.2 Å². The normalized spacial score (nSPS) is 10.6. The van der Waals surface area contributed by atoms with E-state index in [0.29, 0.717) is 16.3 Å². The van der Waals surface area contributed by atoms with Crippen LogP contribution in [0.25, 0.3) is 0 Å². The summed E-state index contributed by atoms with van der Waals surface area (Å²) in [5, 5.41) is 13.8. The zero-order valence-corrected chi connectivity index (χ0v) is 12.0. The standard InChI is InChI=1S/C15H13ClN2O3/c1-21-14-7-6-10(8-12(14)16)9-17-18-15(20)11-4-2-3-5-13(11)19/h2-9,19H,1H3,(H,18,20)/b17-9-. The second kappa shape index (κ2) is 6.76. The number of carbonyl (C=O) groups excluding carboxylic acids is 1. The first-order valence-corrected chi connectivity index (χ1v) is 6.44. The summed E-state index contributed by atoms with van der Waals surface area (Å²) in [5.74, 6) is -0.0336. The molecule has 0 atom stereocenters. The van der Waals surface area contributed by atoms with Crippen molar-refractivity contribution in [2.45, 2.75) is 0 Å². The van der Waals surface area contributed by atoms with Crippen molar-refractivity contribution < 1.29 is 14.6 Å². The number of amides is 1. The highest BCUT2D eigenvalue weighted by atomic mass is 35.5. The second-order valence-corrected chi connectivity index (χ2v) is 4.52. The molecule has 0 radical (unpaired) electrons. The lowest BCUT2D eigenvalue weighted by Gasteiger charge is -2.03. The molecule has 0 aromatic heterocycles. The van der Waals surface area contributed by atoms with Gasteiger partial charge in [-0.05, 0) is 35.9 Å². The van der Waals surface area contributed by atoms with Crippen LogP contribution in [0.4, 0.5) is 0 Å². The van der Waals surface area contributed by atoms with Crippen molar-refractivity contribution in [1.29, 1.82) is 0 Å². The van der Waals surface area contributed by atoms with Crippen LogP contribution in [0.1, 0.15) is 15.9 Å². The fourth-order valence-corrected chi connectivity index (χ4v) is 1.92. The van der Waals surface area contributed by atoms with Crippen molar-refractivity contribution in [1.82, 2.24) is 5.43 Å². The third kappa shape index (κ3) is 3.73. The molecule has 108 valence electrons. The third-order valence-corrected chi connectivity index (χ3v) is 3.00. The summed E-state index contributed by atoms with van der Waals surface area (Å²) in [6.45, 7) is 0. The largest absolute Gasteiger partial charge is 0.507 e. The molecule has 2 aromatic rings. The van der Waals surface area contributed by atoms with E-state index in [0.717, 1.165) is 0 Å². The van der Waals surface area contributed by atoms with E-state index in [1.807, 2.05) is 0 Å². The lowest BCUT2D eigenvalue weighted by atomic mass is 10.2. The number of methoxy groups -OCH3 is 1. The van der Waals surface area contributed by atoms with Crippen molar-refractivity contribution in [3.8, 4) is 11.5 Å². The summed E-state index contributed by atoms with van der Waals surface area (Å²) in [4.78, 5) is 11.8. The number of ether oxygens (including phenoxy) is 1. The lowest BCUT2D eigenvalue weighted by Crippen LogP contribution is -2.17. The maximum atomic E-state index is 11.8. The Hall–Kier alpha value is -2.53. The molecule has 2 aromatic carbocycles. The molecule has 0 bridgehead atoms. The number of carbonyl (C=O) groups is 1. The van der Waals surface area contributed by atoms with E-state index in [9.17, 15) is 9.90 Å². The van der Waals surface area contributed by atoms with Crippen molar-refractivity contribution in [3.63, 3.8) is 0 Å². The molecule has 5 nitrogen and oxygen atoms in total. The van der Waals surface area contributed by atoms with Crippen LogP contribution >= 0.6 is 11.6 Å². The monoisotopic (exact) mass is 304 g/mol.